The van der Waals surface area contributed by atoms with Crippen LogP contribution in [0.5, 0.6) is 0 Å². The average Bonchev–Trinajstić information content (AvgIpc) is 2.97. The number of nitrogens with one attached hydrogen (secondary N) is 2. The van der Waals surface area contributed by atoms with Gasteiger partial charge in [0.2, 0.25) is 15.9 Å². The van der Waals surface area contributed by atoms with Crippen LogP contribution < -0.4 is 15.8 Å². The molecule has 0 radical (unpaired) electrons. The maximum atomic E-state index is 12.1. The second-order valence-corrected chi connectivity index (χ2v) is 7.76. The van der Waals surface area contributed by atoms with Gasteiger partial charge < -0.3 is 9.73 Å². The fraction of sp³-hybridized carbons (Fsp3) is 0.222. The van der Waals surface area contributed by atoms with Crippen molar-refractivity contribution in [3.8, 4) is 0 Å². The summed E-state index contributed by atoms with van der Waals surface area (Å²) in [5, 5.41) is 2.67. The number of sulfonamides is 1. The van der Waals surface area contributed by atoms with E-state index in [-0.39, 0.29) is 17.2 Å². The highest BCUT2D eigenvalue weighted by Gasteiger charge is 2.13. The van der Waals surface area contributed by atoms with Gasteiger partial charge in [-0.3, -0.25) is 9.36 Å². The van der Waals surface area contributed by atoms with E-state index < -0.39 is 15.8 Å². The number of amides is 1. The van der Waals surface area contributed by atoms with Gasteiger partial charge in [0.1, 0.15) is 0 Å². The van der Waals surface area contributed by atoms with Gasteiger partial charge in [0.05, 0.1) is 10.4 Å². The lowest BCUT2D eigenvalue weighted by Crippen LogP contribution is -2.19. The zero-order valence-electron chi connectivity index (χ0n) is 14.6. The largest absolute Gasteiger partial charge is 0.419 e. The van der Waals surface area contributed by atoms with Gasteiger partial charge in [-0.05, 0) is 43.8 Å². The second-order valence-electron chi connectivity index (χ2n) is 5.87. The van der Waals surface area contributed by atoms with E-state index in [0.29, 0.717) is 29.8 Å². The SMILES string of the molecule is CNS(=O)(=O)c1cccc(NC(=O)CCCn2c(=O)oc3ccccc32)c1. The smallest absolute Gasteiger partial charge is 0.408 e. The number of rotatable bonds is 7. The first-order valence-electron chi connectivity index (χ1n) is 8.32. The molecular weight excluding hydrogens is 370 g/mol. The van der Waals surface area contributed by atoms with Gasteiger partial charge in [-0.1, -0.05) is 18.2 Å². The molecule has 2 N–H and O–H groups in total. The molecule has 0 spiro atoms. The zero-order chi connectivity index (χ0) is 19.4. The van der Waals surface area contributed by atoms with Gasteiger partial charge in [-0.2, -0.15) is 0 Å². The van der Waals surface area contributed by atoms with Gasteiger partial charge in [-0.25, -0.2) is 17.9 Å². The van der Waals surface area contributed by atoms with Crippen LogP contribution in [-0.4, -0.2) is 25.9 Å². The van der Waals surface area contributed by atoms with Crippen molar-refractivity contribution in [2.75, 3.05) is 12.4 Å². The highest BCUT2D eigenvalue weighted by atomic mass is 32.2. The van der Waals surface area contributed by atoms with E-state index in [4.69, 9.17) is 4.42 Å². The van der Waals surface area contributed by atoms with E-state index >= 15 is 0 Å². The van der Waals surface area contributed by atoms with Crippen LogP contribution in [0.3, 0.4) is 0 Å². The summed E-state index contributed by atoms with van der Waals surface area (Å²) in [5.74, 6) is -0.726. The Kier molecular flexibility index (Phi) is 5.43. The summed E-state index contributed by atoms with van der Waals surface area (Å²) in [5.41, 5.74) is 1.59. The summed E-state index contributed by atoms with van der Waals surface area (Å²) in [6, 6.07) is 13.1. The molecule has 3 aromatic rings. The van der Waals surface area contributed by atoms with Crippen LogP contribution in [0, 0.1) is 0 Å². The van der Waals surface area contributed by atoms with Gasteiger partial charge in [-0.15, -0.1) is 0 Å². The zero-order valence-corrected chi connectivity index (χ0v) is 15.5. The maximum absolute atomic E-state index is 12.1. The molecule has 0 unspecified atom stereocenters. The summed E-state index contributed by atoms with van der Waals surface area (Å²) >= 11 is 0. The molecule has 3 rings (SSSR count). The van der Waals surface area contributed by atoms with Gasteiger partial charge in [0.25, 0.3) is 0 Å². The number of aryl methyl sites for hydroxylation is 1. The van der Waals surface area contributed by atoms with Crippen molar-refractivity contribution in [1.82, 2.24) is 9.29 Å². The first-order valence-corrected chi connectivity index (χ1v) is 9.81. The molecule has 1 heterocycles. The van der Waals surface area contributed by atoms with Gasteiger partial charge >= 0.3 is 5.76 Å². The highest BCUT2D eigenvalue weighted by Crippen LogP contribution is 2.16. The minimum Gasteiger partial charge on any atom is -0.408 e. The van der Waals surface area contributed by atoms with E-state index in [1.165, 1.54) is 23.7 Å². The second kappa shape index (κ2) is 7.77. The summed E-state index contributed by atoms with van der Waals surface area (Å²) in [6.07, 6.45) is 0.610. The van der Waals surface area contributed by atoms with Gasteiger partial charge in [0, 0.05) is 18.7 Å². The van der Waals surface area contributed by atoms with Crippen molar-refractivity contribution in [2.24, 2.45) is 0 Å². The third-order valence-electron chi connectivity index (χ3n) is 4.06. The van der Waals surface area contributed by atoms with Crippen molar-refractivity contribution < 1.29 is 17.6 Å². The first-order chi connectivity index (χ1) is 12.9. The predicted molar refractivity (Wildman–Crippen MR) is 101 cm³/mol. The normalized spacial score (nSPS) is 11.6. The monoisotopic (exact) mass is 389 g/mol. The number of carbonyl (C=O) groups is 1. The van der Waals surface area contributed by atoms with Crippen molar-refractivity contribution in [1.29, 1.82) is 0 Å². The molecule has 0 aliphatic rings. The maximum Gasteiger partial charge on any atom is 0.419 e. The number of aromatic nitrogens is 1. The molecule has 1 amide bonds. The van der Waals surface area contributed by atoms with Crippen LogP contribution in [0.15, 0.2) is 62.6 Å². The Labute approximate surface area is 155 Å². The fourth-order valence-electron chi connectivity index (χ4n) is 2.71. The molecule has 0 bridgehead atoms. The Morgan fingerprint density at radius 3 is 2.70 bits per heavy atom. The molecule has 0 fully saturated rings. The molecule has 0 saturated heterocycles. The molecule has 8 nitrogen and oxygen atoms in total. The van der Waals surface area contributed by atoms with E-state index in [1.807, 2.05) is 6.07 Å². The number of anilines is 1. The van der Waals surface area contributed by atoms with Crippen LogP contribution in [0.4, 0.5) is 5.69 Å². The number of nitrogens with zero attached hydrogens (tertiary/aromatic N) is 1. The molecule has 2 aromatic carbocycles. The summed E-state index contributed by atoms with van der Waals surface area (Å²) in [6.45, 7) is 0.345. The molecule has 0 aliphatic carbocycles. The number of fused-ring (bicyclic) bond motifs is 1. The van der Waals surface area contributed by atoms with Crippen LogP contribution in [-0.2, 0) is 21.4 Å². The van der Waals surface area contributed by atoms with Crippen LogP contribution in [0.25, 0.3) is 11.1 Å². The number of carbonyl (C=O) groups excluding carboxylic acids is 1. The molecular formula is C18H19N3O5S. The van der Waals surface area contributed by atoms with Crippen LogP contribution in [0.1, 0.15) is 12.8 Å². The average molecular weight is 389 g/mol. The van der Waals surface area contributed by atoms with Crippen molar-refractivity contribution in [3.05, 3.63) is 59.1 Å². The minimum absolute atomic E-state index is 0.0687. The number of oxazole rings is 1. The molecule has 0 atom stereocenters. The highest BCUT2D eigenvalue weighted by molar-refractivity contribution is 7.89. The Bertz CT molecular complexity index is 1130. The molecule has 9 heteroatoms. The predicted octanol–water partition coefficient (Wildman–Crippen LogP) is 1.92. The first kappa shape index (κ1) is 18.9. The summed E-state index contributed by atoms with van der Waals surface area (Å²) < 4.78 is 32.5. The Balaban J connectivity index is 1.61. The number of benzene rings is 2. The lowest BCUT2D eigenvalue weighted by molar-refractivity contribution is -0.116. The molecule has 27 heavy (non-hydrogen) atoms. The summed E-state index contributed by atoms with van der Waals surface area (Å²) in [7, 11) is -2.26. The topological polar surface area (TPSA) is 110 Å². The lowest BCUT2D eigenvalue weighted by atomic mass is 10.2. The fourth-order valence-corrected chi connectivity index (χ4v) is 3.48. The quantitative estimate of drug-likeness (QED) is 0.641. The molecule has 0 saturated carbocycles. The van der Waals surface area contributed by atoms with Crippen LogP contribution >= 0.6 is 0 Å². The van der Waals surface area contributed by atoms with Crippen LogP contribution in [0.2, 0.25) is 0 Å². The van der Waals surface area contributed by atoms with Crippen molar-refractivity contribution in [2.45, 2.75) is 24.3 Å². The lowest BCUT2D eigenvalue weighted by Gasteiger charge is -2.08. The number of hydrogen-bond donors (Lipinski definition) is 2. The van der Waals surface area contributed by atoms with Crippen molar-refractivity contribution >= 4 is 32.7 Å². The number of para-hydroxylation sites is 2. The summed E-state index contributed by atoms with van der Waals surface area (Å²) in [4.78, 5) is 24.1. The Morgan fingerprint density at radius 1 is 1.15 bits per heavy atom. The Hall–Kier alpha value is -2.91. The van der Waals surface area contributed by atoms with Gasteiger partial charge in [0.15, 0.2) is 5.58 Å². The third kappa shape index (κ3) is 4.26. The van der Waals surface area contributed by atoms with E-state index in [9.17, 15) is 18.0 Å². The van der Waals surface area contributed by atoms with E-state index in [2.05, 4.69) is 10.0 Å². The number of hydrogen-bond acceptors (Lipinski definition) is 5. The molecule has 142 valence electrons. The van der Waals surface area contributed by atoms with E-state index in [1.54, 1.807) is 30.3 Å². The molecule has 1 aromatic heterocycles. The third-order valence-corrected chi connectivity index (χ3v) is 5.47. The minimum atomic E-state index is -3.58. The Morgan fingerprint density at radius 2 is 1.93 bits per heavy atom. The molecule has 0 aliphatic heterocycles. The standard InChI is InChI=1S/C18H19N3O5S/c1-19-27(24,25)14-7-4-6-13(12-14)20-17(22)10-5-11-21-15-8-2-3-9-16(15)26-18(21)23/h2-4,6-9,12,19H,5,10-11H2,1H3,(H,20,22). The van der Waals surface area contributed by atoms with E-state index in [0.717, 1.165) is 0 Å². The van der Waals surface area contributed by atoms with Crippen molar-refractivity contribution in [3.63, 3.8) is 0 Å².